The molecule has 1 unspecified atom stereocenters. The van der Waals surface area contributed by atoms with Gasteiger partial charge in [-0.05, 0) is 20.8 Å². The minimum Gasteiger partial charge on any atom is -0.444 e. The molecule has 1 aromatic heterocycles. The van der Waals surface area contributed by atoms with E-state index in [-0.39, 0.29) is 18.2 Å². The van der Waals surface area contributed by atoms with Gasteiger partial charge in [0.25, 0.3) is 0 Å². The number of hydrogen-bond acceptors (Lipinski definition) is 6. The van der Waals surface area contributed by atoms with E-state index < -0.39 is 5.60 Å². The second kappa shape index (κ2) is 6.62. The number of nitrogens with zero attached hydrogens (tertiary/aromatic N) is 4. The van der Waals surface area contributed by atoms with Gasteiger partial charge in [-0.15, -0.1) is 5.10 Å². The lowest BCUT2D eigenvalue weighted by Crippen LogP contribution is -2.40. The van der Waals surface area contributed by atoms with Gasteiger partial charge in [-0.25, -0.2) is 4.79 Å². The maximum absolute atomic E-state index is 12.2. The first-order chi connectivity index (χ1) is 10.3. The molecule has 124 valence electrons. The van der Waals surface area contributed by atoms with Gasteiger partial charge >= 0.3 is 6.09 Å². The van der Waals surface area contributed by atoms with E-state index in [0.29, 0.717) is 19.6 Å². The van der Waals surface area contributed by atoms with Gasteiger partial charge in [0.2, 0.25) is 0 Å². The molecule has 0 saturated carbocycles. The van der Waals surface area contributed by atoms with Crippen LogP contribution in [0.1, 0.15) is 26.5 Å². The van der Waals surface area contributed by atoms with E-state index in [1.54, 1.807) is 22.9 Å². The summed E-state index contributed by atoms with van der Waals surface area (Å²) in [5.74, 6) is 0. The van der Waals surface area contributed by atoms with E-state index in [1.807, 2.05) is 27.8 Å². The van der Waals surface area contributed by atoms with Gasteiger partial charge in [-0.1, -0.05) is 5.21 Å². The van der Waals surface area contributed by atoms with Gasteiger partial charge in [0.05, 0.1) is 30.6 Å². The zero-order valence-corrected chi connectivity index (χ0v) is 13.9. The summed E-state index contributed by atoms with van der Waals surface area (Å²) in [6.07, 6.45) is 1.35. The number of likely N-dealkylation sites (tertiary alicyclic amines) is 1. The maximum atomic E-state index is 12.2. The van der Waals surface area contributed by atoms with Gasteiger partial charge < -0.3 is 19.7 Å². The standard InChI is InChI=1S/C14H25N5O3/c1-14(2,3)22-13(20)19-8-11(12(9-19)21-5)15-6-10-7-16-17-18(10)4/h7,11-12,15H,6,8-9H2,1-5H3/t11?,12-/m0/s1. The molecule has 0 aliphatic carbocycles. The summed E-state index contributed by atoms with van der Waals surface area (Å²) in [6, 6.07) is 0.0485. The third kappa shape index (κ3) is 4.17. The van der Waals surface area contributed by atoms with Crippen molar-refractivity contribution in [3.63, 3.8) is 0 Å². The van der Waals surface area contributed by atoms with Crippen LogP contribution in [0.15, 0.2) is 6.20 Å². The van der Waals surface area contributed by atoms with E-state index in [1.165, 1.54) is 0 Å². The molecule has 1 amide bonds. The summed E-state index contributed by atoms with van der Waals surface area (Å²) < 4.78 is 12.6. The Morgan fingerprint density at radius 2 is 2.18 bits per heavy atom. The SMILES string of the molecule is CO[C@H]1CN(C(=O)OC(C)(C)C)CC1NCc1cnnn1C. The second-order valence-corrected chi connectivity index (χ2v) is 6.50. The molecule has 2 heterocycles. The van der Waals surface area contributed by atoms with Crippen LogP contribution in [0.2, 0.25) is 0 Å². The molecule has 0 aromatic carbocycles. The number of methoxy groups -OCH3 is 1. The fourth-order valence-electron chi connectivity index (χ4n) is 2.39. The van der Waals surface area contributed by atoms with Crippen LogP contribution in [-0.2, 0) is 23.1 Å². The molecule has 0 spiro atoms. The first-order valence-electron chi connectivity index (χ1n) is 7.38. The second-order valence-electron chi connectivity index (χ2n) is 6.50. The maximum Gasteiger partial charge on any atom is 0.410 e. The molecule has 8 nitrogen and oxygen atoms in total. The molecule has 1 N–H and O–H groups in total. The van der Waals surface area contributed by atoms with Crippen molar-refractivity contribution in [1.82, 2.24) is 25.2 Å². The lowest BCUT2D eigenvalue weighted by Gasteiger charge is -2.24. The fraction of sp³-hybridized carbons (Fsp3) is 0.786. The third-order valence-corrected chi connectivity index (χ3v) is 3.57. The number of amides is 1. The predicted molar refractivity (Wildman–Crippen MR) is 80.2 cm³/mol. The number of carbonyl (C=O) groups is 1. The van der Waals surface area contributed by atoms with Crippen LogP contribution >= 0.6 is 0 Å². The number of rotatable bonds is 4. The number of aromatic nitrogens is 3. The highest BCUT2D eigenvalue weighted by molar-refractivity contribution is 5.68. The Morgan fingerprint density at radius 1 is 1.45 bits per heavy atom. The Balaban J connectivity index is 1.92. The molecule has 2 atom stereocenters. The normalized spacial score (nSPS) is 22.1. The number of hydrogen-bond donors (Lipinski definition) is 1. The highest BCUT2D eigenvalue weighted by Crippen LogP contribution is 2.17. The molecule has 8 heteroatoms. The molecular weight excluding hydrogens is 286 g/mol. The van der Waals surface area contributed by atoms with Gasteiger partial charge in [0, 0.05) is 27.2 Å². The van der Waals surface area contributed by atoms with E-state index >= 15 is 0 Å². The summed E-state index contributed by atoms with van der Waals surface area (Å²) in [6.45, 7) is 7.28. The van der Waals surface area contributed by atoms with Gasteiger partial charge in [-0.3, -0.25) is 4.68 Å². The van der Waals surface area contributed by atoms with Crippen molar-refractivity contribution in [2.75, 3.05) is 20.2 Å². The molecule has 0 radical (unpaired) electrons. The van der Waals surface area contributed by atoms with Crippen molar-refractivity contribution >= 4 is 6.09 Å². The van der Waals surface area contributed by atoms with Gasteiger partial charge in [0.15, 0.2) is 0 Å². The summed E-state index contributed by atoms with van der Waals surface area (Å²) in [7, 11) is 3.50. The van der Waals surface area contributed by atoms with E-state index in [2.05, 4.69) is 15.6 Å². The summed E-state index contributed by atoms with van der Waals surface area (Å²) in [5.41, 5.74) is 0.483. The van der Waals surface area contributed by atoms with E-state index in [0.717, 1.165) is 5.69 Å². The number of ether oxygens (including phenoxy) is 2. The van der Waals surface area contributed by atoms with Crippen molar-refractivity contribution in [2.24, 2.45) is 7.05 Å². The summed E-state index contributed by atoms with van der Waals surface area (Å²) in [5, 5.41) is 11.1. The molecule has 22 heavy (non-hydrogen) atoms. The van der Waals surface area contributed by atoms with Crippen LogP contribution < -0.4 is 5.32 Å². The third-order valence-electron chi connectivity index (χ3n) is 3.57. The molecular formula is C14H25N5O3. The highest BCUT2D eigenvalue weighted by atomic mass is 16.6. The first-order valence-corrected chi connectivity index (χ1v) is 7.38. The van der Waals surface area contributed by atoms with Gasteiger partial charge in [0.1, 0.15) is 5.60 Å². The van der Waals surface area contributed by atoms with Gasteiger partial charge in [-0.2, -0.15) is 0 Å². The van der Waals surface area contributed by atoms with E-state index in [9.17, 15) is 4.79 Å². The van der Waals surface area contributed by atoms with Crippen molar-refractivity contribution in [3.05, 3.63) is 11.9 Å². The fourth-order valence-corrected chi connectivity index (χ4v) is 2.39. The van der Waals surface area contributed by atoms with Crippen molar-refractivity contribution < 1.29 is 14.3 Å². The molecule has 1 aliphatic heterocycles. The quantitative estimate of drug-likeness (QED) is 0.874. The molecule has 0 bridgehead atoms. The lowest BCUT2D eigenvalue weighted by atomic mass is 10.2. The van der Waals surface area contributed by atoms with Crippen molar-refractivity contribution in [2.45, 2.75) is 45.1 Å². The number of carbonyl (C=O) groups excluding carboxylic acids is 1. The average Bonchev–Trinajstić information content (AvgIpc) is 3.00. The van der Waals surface area contributed by atoms with Crippen LogP contribution in [0.5, 0.6) is 0 Å². The van der Waals surface area contributed by atoms with Crippen LogP contribution in [0.25, 0.3) is 0 Å². The Bertz CT molecular complexity index is 511. The topological polar surface area (TPSA) is 81.5 Å². The number of aryl methyl sites for hydroxylation is 1. The summed E-state index contributed by atoms with van der Waals surface area (Å²) >= 11 is 0. The van der Waals surface area contributed by atoms with Crippen molar-refractivity contribution in [1.29, 1.82) is 0 Å². The van der Waals surface area contributed by atoms with E-state index in [4.69, 9.17) is 9.47 Å². The monoisotopic (exact) mass is 311 g/mol. The highest BCUT2D eigenvalue weighted by Gasteiger charge is 2.37. The van der Waals surface area contributed by atoms with Crippen molar-refractivity contribution in [3.8, 4) is 0 Å². The molecule has 1 aliphatic rings. The van der Waals surface area contributed by atoms with Crippen LogP contribution in [0.4, 0.5) is 4.79 Å². The van der Waals surface area contributed by atoms with Crippen LogP contribution in [0, 0.1) is 0 Å². The first kappa shape index (κ1) is 16.7. The molecule has 2 rings (SSSR count). The smallest absolute Gasteiger partial charge is 0.410 e. The molecule has 1 fully saturated rings. The lowest BCUT2D eigenvalue weighted by molar-refractivity contribution is 0.0252. The van der Waals surface area contributed by atoms with Crippen LogP contribution in [-0.4, -0.2) is 63.9 Å². The minimum atomic E-state index is -0.494. The number of nitrogens with one attached hydrogen (secondary N) is 1. The predicted octanol–water partition coefficient (Wildman–Crippen LogP) is 0.539. The Hall–Kier alpha value is -1.67. The Morgan fingerprint density at radius 3 is 2.73 bits per heavy atom. The Kier molecular flexibility index (Phi) is 5.02. The van der Waals surface area contributed by atoms with Crippen LogP contribution in [0.3, 0.4) is 0 Å². The largest absolute Gasteiger partial charge is 0.444 e. The average molecular weight is 311 g/mol. The molecule has 1 saturated heterocycles. The zero-order chi connectivity index (χ0) is 16.3. The zero-order valence-electron chi connectivity index (χ0n) is 13.9. The minimum absolute atomic E-state index is 0.0485. The summed E-state index contributed by atoms with van der Waals surface area (Å²) in [4.78, 5) is 13.8. The Labute approximate surface area is 130 Å². The molecule has 1 aromatic rings.